The Morgan fingerprint density at radius 3 is 2.09 bits per heavy atom. The van der Waals surface area contributed by atoms with Crippen molar-refractivity contribution in [2.24, 2.45) is 0 Å². The van der Waals surface area contributed by atoms with Crippen molar-refractivity contribution < 1.29 is 19.4 Å². The van der Waals surface area contributed by atoms with Gasteiger partial charge in [0.05, 0.1) is 0 Å². The Kier molecular flexibility index (Phi) is 6.22. The number of hydrogen-bond donors (Lipinski definition) is 1. The van der Waals surface area contributed by atoms with Gasteiger partial charge in [-0.25, -0.2) is 9.59 Å². The topological polar surface area (TPSA) is 66.8 Å². The van der Waals surface area contributed by atoms with Crippen molar-refractivity contribution in [2.45, 2.75) is 52.2 Å². The van der Waals surface area contributed by atoms with Crippen molar-refractivity contribution in [3.63, 3.8) is 0 Å². The maximum absolute atomic E-state index is 12.4. The molecule has 23 heavy (non-hydrogen) atoms. The summed E-state index contributed by atoms with van der Waals surface area (Å²) in [5.41, 5.74) is -1.23. The number of hydrogen-bond acceptors (Lipinski definition) is 3. The van der Waals surface area contributed by atoms with Gasteiger partial charge in [-0.1, -0.05) is 28.1 Å². The molecule has 0 aromatic heterocycles. The van der Waals surface area contributed by atoms with E-state index in [0.717, 1.165) is 10.0 Å². The fourth-order valence-corrected chi connectivity index (χ4v) is 2.55. The van der Waals surface area contributed by atoms with E-state index in [0.29, 0.717) is 0 Å². The highest BCUT2D eigenvalue weighted by molar-refractivity contribution is 9.10. The second kappa shape index (κ2) is 7.34. The van der Waals surface area contributed by atoms with Gasteiger partial charge in [0.15, 0.2) is 0 Å². The number of likely N-dealkylation sites (N-methyl/N-ethyl adjacent to an activating group) is 1. The molecule has 0 spiro atoms. The molecule has 6 heteroatoms. The summed E-state index contributed by atoms with van der Waals surface area (Å²) in [4.78, 5) is 25.6. The third-order valence-corrected chi connectivity index (χ3v) is 3.98. The first-order valence-electron chi connectivity index (χ1n) is 7.48. The van der Waals surface area contributed by atoms with Gasteiger partial charge in [0.25, 0.3) is 0 Å². The normalized spacial score (nSPS) is 14.0. The summed E-state index contributed by atoms with van der Waals surface area (Å²) in [6, 6.07) is 7.38. The molecule has 1 unspecified atom stereocenters. The second-order valence-electron chi connectivity index (χ2n) is 6.61. The quantitative estimate of drug-likeness (QED) is 0.828. The number of halogens is 1. The van der Waals surface area contributed by atoms with Crippen LogP contribution in [-0.2, 0) is 16.0 Å². The third-order valence-electron chi connectivity index (χ3n) is 3.45. The highest BCUT2D eigenvalue weighted by Gasteiger charge is 2.43. The number of ether oxygens (including phenoxy) is 1. The van der Waals surface area contributed by atoms with E-state index < -0.39 is 23.2 Å². The molecule has 1 amide bonds. The number of amides is 1. The Morgan fingerprint density at radius 2 is 1.70 bits per heavy atom. The van der Waals surface area contributed by atoms with Crippen LogP contribution in [-0.4, -0.2) is 39.8 Å². The molecule has 5 nitrogen and oxygen atoms in total. The van der Waals surface area contributed by atoms with E-state index in [1.54, 1.807) is 34.6 Å². The number of carbonyl (C=O) groups is 2. The van der Waals surface area contributed by atoms with E-state index >= 15 is 0 Å². The lowest BCUT2D eigenvalue weighted by Gasteiger charge is -2.38. The van der Waals surface area contributed by atoms with Gasteiger partial charge in [-0.15, -0.1) is 0 Å². The number of benzene rings is 1. The number of nitrogens with zero attached hydrogens (tertiary/aromatic N) is 1. The molecule has 1 atom stereocenters. The number of carboxylic acids is 1. The summed E-state index contributed by atoms with van der Waals surface area (Å²) in [5.74, 6) is -1.06. The van der Waals surface area contributed by atoms with Gasteiger partial charge in [-0.05, 0) is 52.3 Å². The van der Waals surface area contributed by atoms with Crippen molar-refractivity contribution in [3.05, 3.63) is 34.3 Å². The molecule has 0 heterocycles. The van der Waals surface area contributed by atoms with Crippen molar-refractivity contribution in [3.8, 4) is 0 Å². The zero-order chi connectivity index (χ0) is 17.8. The second-order valence-corrected chi connectivity index (χ2v) is 7.52. The third kappa shape index (κ3) is 5.23. The van der Waals surface area contributed by atoms with E-state index in [1.165, 1.54) is 4.90 Å². The van der Waals surface area contributed by atoms with Crippen LogP contribution in [0.2, 0.25) is 0 Å². The molecule has 1 aromatic carbocycles. The molecule has 0 aliphatic heterocycles. The zero-order valence-electron chi connectivity index (χ0n) is 14.2. The zero-order valence-corrected chi connectivity index (χ0v) is 15.8. The first kappa shape index (κ1) is 19.5. The van der Waals surface area contributed by atoms with E-state index in [9.17, 15) is 14.7 Å². The van der Waals surface area contributed by atoms with Crippen LogP contribution in [0.15, 0.2) is 28.7 Å². The maximum Gasteiger partial charge on any atom is 0.411 e. The lowest BCUT2D eigenvalue weighted by atomic mass is 9.91. The minimum absolute atomic E-state index is 0.197. The van der Waals surface area contributed by atoms with Gasteiger partial charge in [0.2, 0.25) is 0 Å². The largest absolute Gasteiger partial charge is 0.479 e. The van der Waals surface area contributed by atoms with Crippen LogP contribution in [0.5, 0.6) is 0 Å². The highest BCUT2D eigenvalue weighted by atomic mass is 79.9. The highest BCUT2D eigenvalue weighted by Crippen LogP contribution is 2.25. The Labute approximate surface area is 145 Å². The van der Waals surface area contributed by atoms with Crippen LogP contribution in [0.25, 0.3) is 0 Å². The van der Waals surface area contributed by atoms with Gasteiger partial charge in [-0.3, -0.25) is 4.90 Å². The molecule has 0 bridgehead atoms. The van der Waals surface area contributed by atoms with E-state index in [-0.39, 0.29) is 13.0 Å². The van der Waals surface area contributed by atoms with Crippen LogP contribution in [0.1, 0.15) is 40.2 Å². The Bertz CT molecular complexity index is 565. The number of carboxylic acid groups (broad SMARTS) is 1. The molecular formula is C17H24BrNO4. The van der Waals surface area contributed by atoms with Crippen LogP contribution in [0, 0.1) is 0 Å². The molecule has 0 saturated heterocycles. The van der Waals surface area contributed by atoms with Crippen LogP contribution in [0.4, 0.5) is 4.79 Å². The molecule has 0 radical (unpaired) electrons. The fraction of sp³-hybridized carbons (Fsp3) is 0.529. The SMILES string of the molecule is CCN(C(=O)OC(C)(C)C)C(C)(Cc1ccc(Br)cc1)C(=O)O. The predicted molar refractivity (Wildman–Crippen MR) is 92.5 cm³/mol. The van der Waals surface area contributed by atoms with Crippen molar-refractivity contribution in [1.29, 1.82) is 0 Å². The Hall–Kier alpha value is -1.56. The van der Waals surface area contributed by atoms with Gasteiger partial charge in [-0.2, -0.15) is 0 Å². The Balaban J connectivity index is 3.11. The smallest absolute Gasteiger partial charge is 0.411 e. The average molecular weight is 386 g/mol. The van der Waals surface area contributed by atoms with Crippen LogP contribution >= 0.6 is 15.9 Å². The standard InChI is InChI=1S/C17H24BrNO4/c1-6-19(15(22)23-16(2,3)4)17(5,14(20)21)11-12-7-9-13(18)10-8-12/h7-10H,6,11H2,1-5H3,(H,20,21). The first-order chi connectivity index (χ1) is 10.5. The average Bonchev–Trinajstić information content (AvgIpc) is 2.40. The Morgan fingerprint density at radius 1 is 1.17 bits per heavy atom. The van der Waals surface area contributed by atoms with Gasteiger partial charge in [0.1, 0.15) is 11.1 Å². The fourth-order valence-electron chi connectivity index (χ4n) is 2.28. The summed E-state index contributed by atoms with van der Waals surface area (Å²) < 4.78 is 6.27. The molecule has 128 valence electrons. The molecule has 0 aliphatic carbocycles. The molecule has 0 saturated carbocycles. The monoisotopic (exact) mass is 385 g/mol. The molecule has 1 aromatic rings. The summed E-state index contributed by atoms with van der Waals surface area (Å²) in [7, 11) is 0. The number of carbonyl (C=O) groups excluding carboxylic acids is 1. The summed E-state index contributed by atoms with van der Waals surface area (Å²) >= 11 is 3.35. The lowest BCUT2D eigenvalue weighted by Crippen LogP contribution is -2.57. The lowest BCUT2D eigenvalue weighted by molar-refractivity contribution is -0.150. The first-order valence-corrected chi connectivity index (χ1v) is 8.27. The molecule has 1 rings (SSSR count). The van der Waals surface area contributed by atoms with Crippen molar-refractivity contribution in [1.82, 2.24) is 4.90 Å². The van der Waals surface area contributed by atoms with Gasteiger partial charge >= 0.3 is 12.1 Å². The van der Waals surface area contributed by atoms with Crippen molar-refractivity contribution >= 4 is 28.0 Å². The van der Waals surface area contributed by atoms with Gasteiger partial charge < -0.3 is 9.84 Å². The number of aliphatic carboxylic acids is 1. The van der Waals surface area contributed by atoms with E-state index in [2.05, 4.69) is 15.9 Å². The molecule has 1 N–H and O–H groups in total. The minimum atomic E-state index is -1.38. The predicted octanol–water partition coefficient (Wildman–Crippen LogP) is 4.09. The maximum atomic E-state index is 12.4. The van der Waals surface area contributed by atoms with Crippen LogP contribution in [0.3, 0.4) is 0 Å². The minimum Gasteiger partial charge on any atom is -0.479 e. The summed E-state index contributed by atoms with van der Waals surface area (Å²) in [6.07, 6.45) is -0.426. The van der Waals surface area contributed by atoms with Gasteiger partial charge in [0, 0.05) is 17.4 Å². The molecular weight excluding hydrogens is 362 g/mol. The number of rotatable bonds is 5. The summed E-state index contributed by atoms with van der Waals surface area (Å²) in [5, 5.41) is 9.74. The van der Waals surface area contributed by atoms with E-state index in [4.69, 9.17) is 4.74 Å². The molecule has 0 aliphatic rings. The van der Waals surface area contributed by atoms with E-state index in [1.807, 2.05) is 24.3 Å². The molecule has 0 fully saturated rings. The van der Waals surface area contributed by atoms with Crippen molar-refractivity contribution in [2.75, 3.05) is 6.54 Å². The summed E-state index contributed by atoms with van der Waals surface area (Å²) in [6.45, 7) is 8.80. The van der Waals surface area contributed by atoms with Crippen LogP contribution < -0.4 is 0 Å².